The molecular weight excluding hydrogens is 260 g/mol. The smallest absolute Gasteiger partial charge is 0.0826 e. The summed E-state index contributed by atoms with van der Waals surface area (Å²) in [4.78, 5) is 2.11. The van der Waals surface area contributed by atoms with Gasteiger partial charge in [-0.15, -0.1) is 0 Å². The highest BCUT2D eigenvalue weighted by molar-refractivity contribution is 5.74. The monoisotopic (exact) mass is 282 g/mol. The fourth-order valence-corrected chi connectivity index (χ4v) is 2.71. The molecule has 0 radical (unpaired) electrons. The number of hydrogen-bond donors (Lipinski definition) is 2. The third-order valence-electron chi connectivity index (χ3n) is 3.66. The lowest BCUT2D eigenvalue weighted by atomic mass is 9.96. The van der Waals surface area contributed by atoms with Crippen LogP contribution in [0.2, 0.25) is 0 Å². The Morgan fingerprint density at radius 1 is 1.24 bits per heavy atom. The van der Waals surface area contributed by atoms with Gasteiger partial charge in [0, 0.05) is 37.5 Å². The second-order valence-electron chi connectivity index (χ2n) is 5.09. The first-order valence-electron chi connectivity index (χ1n) is 6.78. The summed E-state index contributed by atoms with van der Waals surface area (Å²) in [6.45, 7) is 8.53. The van der Waals surface area contributed by atoms with E-state index in [1.807, 2.05) is 25.2 Å². The van der Waals surface area contributed by atoms with Crippen molar-refractivity contribution in [1.82, 2.24) is 9.91 Å². The van der Waals surface area contributed by atoms with Crippen molar-refractivity contribution >= 4 is 5.70 Å². The lowest BCUT2D eigenvalue weighted by molar-refractivity contribution is 0.417. The van der Waals surface area contributed by atoms with Gasteiger partial charge < -0.3 is 15.6 Å². The molecule has 21 heavy (non-hydrogen) atoms. The Balaban J connectivity index is 2.85. The van der Waals surface area contributed by atoms with Gasteiger partial charge in [0.15, 0.2) is 0 Å². The molecule has 0 saturated heterocycles. The van der Waals surface area contributed by atoms with Crippen LogP contribution in [0.5, 0.6) is 0 Å². The van der Waals surface area contributed by atoms with Crippen LogP contribution in [0.3, 0.4) is 0 Å². The lowest BCUT2D eigenvalue weighted by Gasteiger charge is -2.30. The fourth-order valence-electron chi connectivity index (χ4n) is 2.71. The average molecular weight is 282 g/mol. The van der Waals surface area contributed by atoms with E-state index in [0.717, 1.165) is 34.6 Å². The van der Waals surface area contributed by atoms with Gasteiger partial charge in [-0.2, -0.15) is 0 Å². The van der Waals surface area contributed by atoms with Crippen LogP contribution in [0.4, 0.5) is 0 Å². The molecule has 1 aliphatic rings. The normalized spacial score (nSPS) is 22.1. The Morgan fingerprint density at radius 2 is 1.90 bits per heavy atom. The van der Waals surface area contributed by atoms with Crippen LogP contribution in [0, 0.1) is 0 Å². The fraction of sp³-hybridized carbons (Fsp3) is 0.176. The molecule has 0 bridgehead atoms. The molecule has 4 heteroatoms. The topological polar surface area (TPSA) is 58.5 Å². The summed E-state index contributed by atoms with van der Waals surface area (Å²) in [5, 5.41) is 1.56. The van der Waals surface area contributed by atoms with Gasteiger partial charge >= 0.3 is 0 Å². The molecule has 1 aromatic rings. The minimum absolute atomic E-state index is 0.601. The summed E-state index contributed by atoms with van der Waals surface area (Å²) < 4.78 is 0. The summed E-state index contributed by atoms with van der Waals surface area (Å²) in [5.41, 5.74) is 11.8. The zero-order chi connectivity index (χ0) is 15.6. The Labute approximate surface area is 126 Å². The maximum Gasteiger partial charge on any atom is 0.0826 e. The van der Waals surface area contributed by atoms with Gasteiger partial charge in [0.1, 0.15) is 0 Å². The van der Waals surface area contributed by atoms with Crippen LogP contribution >= 0.6 is 0 Å². The first-order valence-corrected chi connectivity index (χ1v) is 6.78. The highest BCUT2D eigenvalue weighted by Crippen LogP contribution is 2.31. The van der Waals surface area contributed by atoms with Crippen LogP contribution in [0.1, 0.15) is 11.1 Å². The standard InChI is InChI=1S/C17H22N4/c1-5-13-15(6-2)20(3)11-12-9-7-8-10-14(12)17(16(13)18)21(4)19/h5-10H,1-2,11,18-19H2,3-4H3/b15-13-,17-16-. The molecule has 0 saturated carbocycles. The summed E-state index contributed by atoms with van der Waals surface area (Å²) in [5.74, 6) is 6.03. The predicted molar refractivity (Wildman–Crippen MR) is 88.4 cm³/mol. The van der Waals surface area contributed by atoms with E-state index in [0.29, 0.717) is 5.70 Å². The van der Waals surface area contributed by atoms with Gasteiger partial charge in [0.25, 0.3) is 0 Å². The van der Waals surface area contributed by atoms with Crippen molar-refractivity contribution in [3.05, 3.63) is 77.7 Å². The molecule has 0 unspecified atom stereocenters. The predicted octanol–water partition coefficient (Wildman–Crippen LogP) is 2.19. The number of allylic oxidation sites excluding steroid dienone is 2. The third-order valence-corrected chi connectivity index (χ3v) is 3.66. The number of nitrogens with two attached hydrogens (primary N) is 2. The molecular formula is C17H22N4. The van der Waals surface area contributed by atoms with E-state index in [4.69, 9.17) is 11.6 Å². The quantitative estimate of drug-likeness (QED) is 0.659. The maximum absolute atomic E-state index is 6.40. The van der Waals surface area contributed by atoms with E-state index in [1.165, 1.54) is 0 Å². The van der Waals surface area contributed by atoms with Crippen molar-refractivity contribution in [3.63, 3.8) is 0 Å². The first kappa shape index (κ1) is 14.9. The molecule has 0 atom stereocenters. The Morgan fingerprint density at radius 3 is 2.48 bits per heavy atom. The van der Waals surface area contributed by atoms with Gasteiger partial charge in [0.05, 0.1) is 11.4 Å². The average Bonchev–Trinajstić information content (AvgIpc) is 2.44. The number of likely N-dealkylation sites (N-methyl/N-ethyl adjacent to an activating group) is 1. The highest BCUT2D eigenvalue weighted by Gasteiger charge is 2.21. The van der Waals surface area contributed by atoms with Crippen LogP contribution < -0.4 is 11.6 Å². The summed E-state index contributed by atoms with van der Waals surface area (Å²) >= 11 is 0. The molecule has 0 fully saturated rings. The number of benzene rings is 1. The maximum atomic E-state index is 6.40. The largest absolute Gasteiger partial charge is 0.396 e. The molecule has 1 heterocycles. The molecule has 0 amide bonds. The number of rotatable bonds is 3. The van der Waals surface area contributed by atoms with Crippen molar-refractivity contribution in [3.8, 4) is 0 Å². The van der Waals surface area contributed by atoms with E-state index < -0.39 is 0 Å². The zero-order valence-corrected chi connectivity index (χ0v) is 12.6. The number of fused-ring (bicyclic) bond motifs is 1. The van der Waals surface area contributed by atoms with Crippen LogP contribution in [-0.2, 0) is 6.54 Å². The minimum Gasteiger partial charge on any atom is -0.396 e. The summed E-state index contributed by atoms with van der Waals surface area (Å²) in [6.07, 6.45) is 3.55. The molecule has 4 N–H and O–H groups in total. The minimum atomic E-state index is 0.601. The molecule has 4 nitrogen and oxygen atoms in total. The van der Waals surface area contributed by atoms with Gasteiger partial charge in [0.2, 0.25) is 0 Å². The Kier molecular flexibility index (Phi) is 4.19. The Bertz CT molecular complexity index is 638. The van der Waals surface area contributed by atoms with Crippen LogP contribution in [-0.4, -0.2) is 24.0 Å². The van der Waals surface area contributed by atoms with Gasteiger partial charge in [-0.05, 0) is 11.6 Å². The zero-order valence-electron chi connectivity index (χ0n) is 12.6. The molecule has 2 rings (SSSR count). The van der Waals surface area contributed by atoms with Crippen LogP contribution in [0.25, 0.3) is 5.70 Å². The van der Waals surface area contributed by atoms with E-state index in [1.54, 1.807) is 24.2 Å². The molecule has 0 aliphatic carbocycles. The summed E-state index contributed by atoms with van der Waals surface area (Å²) in [6, 6.07) is 8.13. The van der Waals surface area contributed by atoms with E-state index >= 15 is 0 Å². The van der Waals surface area contributed by atoms with Gasteiger partial charge in [-0.1, -0.05) is 43.5 Å². The number of hydrazine groups is 1. The Hall–Kier alpha value is -2.46. The van der Waals surface area contributed by atoms with Crippen molar-refractivity contribution in [2.75, 3.05) is 14.1 Å². The third kappa shape index (κ3) is 2.58. The number of hydrogen-bond acceptors (Lipinski definition) is 4. The highest BCUT2D eigenvalue weighted by atomic mass is 15.4. The van der Waals surface area contributed by atoms with Crippen molar-refractivity contribution < 1.29 is 0 Å². The van der Waals surface area contributed by atoms with E-state index in [-0.39, 0.29) is 0 Å². The van der Waals surface area contributed by atoms with Gasteiger partial charge in [-0.25, -0.2) is 5.84 Å². The summed E-state index contributed by atoms with van der Waals surface area (Å²) in [7, 11) is 3.81. The van der Waals surface area contributed by atoms with E-state index in [9.17, 15) is 0 Å². The van der Waals surface area contributed by atoms with Crippen molar-refractivity contribution in [2.45, 2.75) is 6.54 Å². The van der Waals surface area contributed by atoms with Gasteiger partial charge in [-0.3, -0.25) is 0 Å². The molecule has 1 aromatic carbocycles. The van der Waals surface area contributed by atoms with Crippen molar-refractivity contribution in [2.24, 2.45) is 11.6 Å². The SMILES string of the molecule is C=CC1=C(\C=C)N(C)Cc2ccccc2/C(N(C)N)=C\1N. The molecule has 110 valence electrons. The first-order chi connectivity index (χ1) is 10.0. The lowest BCUT2D eigenvalue weighted by Crippen LogP contribution is -2.31. The second-order valence-corrected chi connectivity index (χ2v) is 5.09. The molecule has 0 aromatic heterocycles. The second kappa shape index (κ2) is 5.89. The number of nitrogens with zero attached hydrogens (tertiary/aromatic N) is 2. The molecule has 0 spiro atoms. The van der Waals surface area contributed by atoms with Crippen LogP contribution in [0.15, 0.2) is 66.5 Å². The van der Waals surface area contributed by atoms with Crippen molar-refractivity contribution in [1.29, 1.82) is 0 Å². The molecule has 1 aliphatic heterocycles. The van der Waals surface area contributed by atoms with E-state index in [2.05, 4.69) is 24.1 Å².